The van der Waals surface area contributed by atoms with Crippen LogP contribution in [0, 0.1) is 0 Å². The van der Waals surface area contributed by atoms with E-state index in [1.807, 2.05) is 66.6 Å². The number of aliphatic imine (C=N–C) groups is 1. The van der Waals surface area contributed by atoms with Crippen LogP contribution in [0.1, 0.15) is 29.2 Å². The number of hydrogen-bond donors (Lipinski definition) is 1. The average Bonchev–Trinajstić information content (AvgIpc) is 3.59. The van der Waals surface area contributed by atoms with E-state index in [0.29, 0.717) is 10.1 Å². The van der Waals surface area contributed by atoms with Crippen LogP contribution in [0.15, 0.2) is 124 Å². The zero-order chi connectivity index (χ0) is 26.8. The SMILES string of the molecule is CN(C1=NC(=O)C(=Cc2ccc(N3N=C(c4ccccc4)CC3c3ccccc3)cc2)S1)c1ccc(O)cc1. The molecule has 0 saturated heterocycles. The summed E-state index contributed by atoms with van der Waals surface area (Å²) in [7, 11) is 1.85. The Morgan fingerprint density at radius 1 is 0.897 bits per heavy atom. The Balaban J connectivity index is 1.23. The van der Waals surface area contributed by atoms with Gasteiger partial charge in [0.15, 0.2) is 5.17 Å². The Hall–Kier alpha value is -4.62. The van der Waals surface area contributed by atoms with Crippen molar-refractivity contribution in [1.82, 2.24) is 0 Å². The molecule has 192 valence electrons. The lowest BCUT2D eigenvalue weighted by atomic mass is 9.98. The lowest BCUT2D eigenvalue weighted by molar-refractivity contribution is -0.113. The monoisotopic (exact) mass is 530 g/mol. The second-order valence-corrected chi connectivity index (χ2v) is 10.4. The summed E-state index contributed by atoms with van der Waals surface area (Å²) >= 11 is 1.34. The summed E-state index contributed by atoms with van der Waals surface area (Å²) in [6.07, 6.45) is 2.69. The van der Waals surface area contributed by atoms with Crippen molar-refractivity contribution in [2.45, 2.75) is 12.5 Å². The van der Waals surface area contributed by atoms with Crippen LogP contribution in [-0.4, -0.2) is 28.9 Å². The maximum absolute atomic E-state index is 12.7. The van der Waals surface area contributed by atoms with Crippen LogP contribution in [0.5, 0.6) is 5.75 Å². The van der Waals surface area contributed by atoms with E-state index in [-0.39, 0.29) is 17.7 Å². The highest BCUT2D eigenvalue weighted by Crippen LogP contribution is 2.37. The van der Waals surface area contributed by atoms with Crippen LogP contribution >= 0.6 is 11.8 Å². The first-order valence-corrected chi connectivity index (χ1v) is 13.5. The number of hydrazone groups is 1. The summed E-state index contributed by atoms with van der Waals surface area (Å²) in [5, 5.41) is 17.3. The zero-order valence-electron chi connectivity index (χ0n) is 21.3. The molecule has 2 aliphatic heterocycles. The van der Waals surface area contributed by atoms with E-state index in [4.69, 9.17) is 5.10 Å². The predicted molar refractivity (Wildman–Crippen MR) is 160 cm³/mol. The number of phenolic OH excluding ortho intramolecular Hbond substituents is 1. The van der Waals surface area contributed by atoms with Gasteiger partial charge in [-0.25, -0.2) is 0 Å². The number of carbonyl (C=O) groups is 1. The maximum Gasteiger partial charge on any atom is 0.286 e. The summed E-state index contributed by atoms with van der Waals surface area (Å²) in [6, 6.07) is 35.8. The number of aromatic hydroxyl groups is 1. The average molecular weight is 531 g/mol. The molecule has 1 unspecified atom stereocenters. The zero-order valence-corrected chi connectivity index (χ0v) is 22.1. The molecule has 1 amide bonds. The van der Waals surface area contributed by atoms with Crippen LogP contribution in [0.2, 0.25) is 0 Å². The molecule has 0 fully saturated rings. The fourth-order valence-electron chi connectivity index (χ4n) is 4.69. The highest BCUT2D eigenvalue weighted by molar-refractivity contribution is 8.18. The van der Waals surface area contributed by atoms with Gasteiger partial charge < -0.3 is 10.0 Å². The minimum atomic E-state index is -0.259. The van der Waals surface area contributed by atoms with E-state index >= 15 is 0 Å². The summed E-state index contributed by atoms with van der Waals surface area (Å²) in [6.45, 7) is 0. The molecule has 0 bridgehead atoms. The van der Waals surface area contributed by atoms with Gasteiger partial charge in [0.05, 0.1) is 22.3 Å². The van der Waals surface area contributed by atoms with E-state index in [0.717, 1.165) is 34.6 Å². The van der Waals surface area contributed by atoms with Gasteiger partial charge in [-0.1, -0.05) is 72.8 Å². The van der Waals surface area contributed by atoms with Crippen LogP contribution < -0.4 is 9.91 Å². The lowest BCUT2D eigenvalue weighted by Crippen LogP contribution is -2.21. The summed E-state index contributed by atoms with van der Waals surface area (Å²) in [5.41, 5.74) is 6.16. The summed E-state index contributed by atoms with van der Waals surface area (Å²) < 4.78 is 0. The van der Waals surface area contributed by atoms with E-state index in [9.17, 15) is 9.90 Å². The Kier molecular flexibility index (Phi) is 6.73. The highest BCUT2D eigenvalue weighted by Gasteiger charge is 2.30. The van der Waals surface area contributed by atoms with Gasteiger partial charge in [-0.15, -0.1) is 0 Å². The molecule has 0 radical (unpaired) electrons. The molecule has 0 spiro atoms. The molecule has 4 aromatic rings. The third-order valence-electron chi connectivity index (χ3n) is 6.79. The molecule has 6 nitrogen and oxygen atoms in total. The molecule has 6 rings (SSSR count). The highest BCUT2D eigenvalue weighted by atomic mass is 32.2. The van der Waals surface area contributed by atoms with Crippen LogP contribution in [0.3, 0.4) is 0 Å². The number of rotatable bonds is 5. The molecule has 1 N–H and O–H groups in total. The Morgan fingerprint density at radius 2 is 1.56 bits per heavy atom. The number of thioether (sulfide) groups is 1. The van der Waals surface area contributed by atoms with Gasteiger partial charge in [-0.05, 0) is 70.9 Å². The fraction of sp³-hybridized carbons (Fsp3) is 0.0938. The number of nitrogens with zero attached hydrogens (tertiary/aromatic N) is 4. The predicted octanol–water partition coefficient (Wildman–Crippen LogP) is 6.85. The van der Waals surface area contributed by atoms with Crippen molar-refractivity contribution in [3.63, 3.8) is 0 Å². The quantitative estimate of drug-likeness (QED) is 0.286. The molecular weight excluding hydrogens is 504 g/mol. The minimum absolute atomic E-state index is 0.101. The minimum Gasteiger partial charge on any atom is -0.508 e. The van der Waals surface area contributed by atoms with Gasteiger partial charge >= 0.3 is 0 Å². The Labute approximate surface area is 231 Å². The van der Waals surface area contributed by atoms with Gasteiger partial charge in [0, 0.05) is 19.2 Å². The molecule has 0 aromatic heterocycles. The number of anilines is 2. The van der Waals surface area contributed by atoms with Crippen molar-refractivity contribution in [3.05, 3.63) is 131 Å². The number of benzene rings is 4. The molecular formula is C32H26N4O2S. The molecule has 0 aliphatic carbocycles. The van der Waals surface area contributed by atoms with Crippen LogP contribution in [-0.2, 0) is 4.79 Å². The normalized spacial score (nSPS) is 17.9. The van der Waals surface area contributed by atoms with Gasteiger partial charge in [0.1, 0.15) is 5.75 Å². The molecule has 2 heterocycles. The number of amidine groups is 1. The molecule has 7 heteroatoms. The first kappa shape index (κ1) is 24.7. The molecule has 4 aromatic carbocycles. The van der Waals surface area contributed by atoms with E-state index in [1.165, 1.54) is 17.3 Å². The number of amides is 1. The summed E-state index contributed by atoms with van der Waals surface area (Å²) in [4.78, 5) is 19.3. The van der Waals surface area contributed by atoms with E-state index in [1.54, 1.807) is 24.3 Å². The number of carbonyl (C=O) groups excluding carboxylic acids is 1. The Morgan fingerprint density at radius 3 is 2.26 bits per heavy atom. The Bertz CT molecular complexity index is 1580. The van der Waals surface area contributed by atoms with Gasteiger partial charge in [0.25, 0.3) is 5.91 Å². The smallest absolute Gasteiger partial charge is 0.286 e. The van der Waals surface area contributed by atoms with Gasteiger partial charge in [0.2, 0.25) is 0 Å². The largest absolute Gasteiger partial charge is 0.508 e. The third-order valence-corrected chi connectivity index (χ3v) is 7.85. The molecule has 2 aliphatic rings. The van der Waals surface area contributed by atoms with Crippen LogP contribution in [0.25, 0.3) is 6.08 Å². The molecule has 0 saturated carbocycles. The van der Waals surface area contributed by atoms with Crippen molar-refractivity contribution in [3.8, 4) is 5.75 Å². The van der Waals surface area contributed by atoms with Crippen molar-refractivity contribution < 1.29 is 9.90 Å². The second-order valence-electron chi connectivity index (χ2n) is 9.37. The maximum atomic E-state index is 12.7. The number of hydrogen-bond acceptors (Lipinski definition) is 6. The van der Waals surface area contributed by atoms with E-state index in [2.05, 4.69) is 46.4 Å². The van der Waals surface area contributed by atoms with Gasteiger partial charge in [-0.2, -0.15) is 10.1 Å². The van der Waals surface area contributed by atoms with Crippen molar-refractivity contribution in [2.24, 2.45) is 10.1 Å². The molecule has 39 heavy (non-hydrogen) atoms. The van der Waals surface area contributed by atoms with Gasteiger partial charge in [-0.3, -0.25) is 9.80 Å². The fourth-order valence-corrected chi connectivity index (χ4v) is 5.59. The standard InChI is InChI=1S/C32H26N4O2S/c1-35(25-16-18-27(37)19-17-25)32-33-31(38)30(39-32)20-22-12-14-26(15-13-22)36-29(24-10-6-3-7-11-24)21-28(34-36)23-8-4-2-5-9-23/h2-20,29,37H,21H2,1H3. The lowest BCUT2D eigenvalue weighted by Gasteiger charge is -2.24. The van der Waals surface area contributed by atoms with E-state index < -0.39 is 0 Å². The first-order chi connectivity index (χ1) is 19.0. The number of phenols is 1. The van der Waals surface area contributed by atoms with Crippen molar-refractivity contribution in [2.75, 3.05) is 17.0 Å². The first-order valence-electron chi connectivity index (χ1n) is 12.7. The van der Waals surface area contributed by atoms with Crippen molar-refractivity contribution >= 4 is 46.0 Å². The second kappa shape index (κ2) is 10.6. The van der Waals surface area contributed by atoms with Crippen LogP contribution in [0.4, 0.5) is 11.4 Å². The molecule has 1 atom stereocenters. The summed E-state index contributed by atoms with van der Waals surface area (Å²) in [5.74, 6) is -0.0650. The third kappa shape index (κ3) is 5.22. The van der Waals surface area contributed by atoms with Crippen molar-refractivity contribution in [1.29, 1.82) is 0 Å². The topological polar surface area (TPSA) is 68.5 Å².